The SMILES string of the molecule is CC(=O)N[C@H]1[C@@H](OCc2ccccc2)O[C@H](CO)[C@@H](O)[C@@H]1O[C@H](C)C(=O)N[C@@H](C)C(=O)N[C@H](CCC(=O)N[C@@H](CCCCNC(=O)C1c2ccccc2Oc2ccccc21)C(N)=O)C(N)=O. The molecule has 0 bridgehead atoms. The lowest BCUT2D eigenvalue weighted by Crippen LogP contribution is -2.66. The Bertz CT molecular complexity index is 2130. The molecule has 2 aliphatic rings. The van der Waals surface area contributed by atoms with Crippen molar-refractivity contribution in [3.8, 4) is 11.5 Å². The van der Waals surface area contributed by atoms with Crippen molar-refractivity contribution in [3.63, 3.8) is 0 Å². The van der Waals surface area contributed by atoms with Crippen LogP contribution in [0.5, 0.6) is 11.5 Å². The van der Waals surface area contributed by atoms with Crippen LogP contribution in [0.4, 0.5) is 0 Å². The second kappa shape index (κ2) is 24.2. The van der Waals surface area contributed by atoms with Crippen molar-refractivity contribution >= 4 is 41.4 Å². The van der Waals surface area contributed by atoms with E-state index in [1.165, 1.54) is 20.8 Å². The van der Waals surface area contributed by atoms with Crippen molar-refractivity contribution in [2.75, 3.05) is 13.2 Å². The molecule has 3 aromatic carbocycles. The van der Waals surface area contributed by atoms with E-state index in [0.717, 1.165) is 16.7 Å². The van der Waals surface area contributed by atoms with E-state index in [-0.39, 0.29) is 31.8 Å². The van der Waals surface area contributed by atoms with E-state index >= 15 is 0 Å². The number of amides is 7. The molecule has 20 nitrogen and oxygen atoms in total. The number of fused-ring (bicyclic) bond motifs is 2. The predicted octanol–water partition coefficient (Wildman–Crippen LogP) is 0.00910. The number of benzene rings is 3. The number of unbranched alkanes of at least 4 members (excludes halogenated alkanes) is 1. The number of hydrogen-bond donors (Lipinski definition) is 9. The molecule has 0 aromatic heterocycles. The van der Waals surface area contributed by atoms with E-state index in [2.05, 4.69) is 26.6 Å². The molecular weight excluding hydrogens is 859 g/mol. The van der Waals surface area contributed by atoms with Gasteiger partial charge >= 0.3 is 0 Å². The molecule has 66 heavy (non-hydrogen) atoms. The Morgan fingerprint density at radius 2 is 1.38 bits per heavy atom. The van der Waals surface area contributed by atoms with Crippen molar-refractivity contribution in [2.24, 2.45) is 11.5 Å². The number of nitrogens with two attached hydrogens (primary N) is 2. The maximum absolute atomic E-state index is 13.4. The predicted molar refractivity (Wildman–Crippen MR) is 236 cm³/mol. The molecule has 9 atom stereocenters. The second-order valence-electron chi connectivity index (χ2n) is 16.1. The minimum Gasteiger partial charge on any atom is -0.457 e. The number of carbonyl (C=O) groups is 7. The van der Waals surface area contributed by atoms with Gasteiger partial charge < -0.3 is 67.2 Å². The van der Waals surface area contributed by atoms with Gasteiger partial charge in [0.05, 0.1) is 19.1 Å². The number of rotatable bonds is 23. The monoisotopic (exact) mass is 917 g/mol. The number of aliphatic hydroxyl groups is 2. The summed E-state index contributed by atoms with van der Waals surface area (Å²) in [6, 6.07) is 18.9. The summed E-state index contributed by atoms with van der Waals surface area (Å²) in [5, 5.41) is 34.0. The number of aliphatic hydroxyl groups excluding tert-OH is 2. The summed E-state index contributed by atoms with van der Waals surface area (Å²) in [6.45, 7) is 3.60. The minimum absolute atomic E-state index is 0.0462. The molecule has 11 N–H and O–H groups in total. The van der Waals surface area contributed by atoms with Crippen LogP contribution in [0.1, 0.15) is 75.5 Å². The average Bonchev–Trinajstić information content (AvgIpc) is 3.29. The van der Waals surface area contributed by atoms with Gasteiger partial charge in [-0.3, -0.25) is 33.6 Å². The zero-order chi connectivity index (χ0) is 47.9. The van der Waals surface area contributed by atoms with Crippen molar-refractivity contribution in [3.05, 3.63) is 95.6 Å². The van der Waals surface area contributed by atoms with Crippen LogP contribution in [0.25, 0.3) is 0 Å². The van der Waals surface area contributed by atoms with Crippen LogP contribution in [0.3, 0.4) is 0 Å². The molecule has 0 radical (unpaired) electrons. The maximum Gasteiger partial charge on any atom is 0.249 e. The first-order valence-electron chi connectivity index (χ1n) is 21.7. The summed E-state index contributed by atoms with van der Waals surface area (Å²) in [6.07, 6.45) is -6.13. The van der Waals surface area contributed by atoms with E-state index in [9.17, 15) is 43.8 Å². The van der Waals surface area contributed by atoms with Gasteiger partial charge in [-0.1, -0.05) is 66.7 Å². The van der Waals surface area contributed by atoms with Crippen LogP contribution in [0.2, 0.25) is 0 Å². The van der Waals surface area contributed by atoms with E-state index in [1.54, 1.807) is 36.4 Å². The first kappa shape index (κ1) is 50.5. The van der Waals surface area contributed by atoms with Gasteiger partial charge in [0.1, 0.15) is 60.1 Å². The molecule has 0 saturated carbocycles. The number of ether oxygens (including phenoxy) is 4. The van der Waals surface area contributed by atoms with E-state index in [0.29, 0.717) is 30.9 Å². The van der Waals surface area contributed by atoms with Gasteiger partial charge in [0.15, 0.2) is 6.29 Å². The third-order valence-corrected chi connectivity index (χ3v) is 11.1. The van der Waals surface area contributed by atoms with Crippen molar-refractivity contribution in [1.82, 2.24) is 26.6 Å². The van der Waals surface area contributed by atoms with Gasteiger partial charge in [0.2, 0.25) is 41.4 Å². The molecule has 7 amide bonds. The fourth-order valence-electron chi connectivity index (χ4n) is 7.60. The lowest BCUT2D eigenvalue weighted by Gasteiger charge is -2.44. The van der Waals surface area contributed by atoms with Gasteiger partial charge in [0, 0.05) is 31.0 Å². The summed E-state index contributed by atoms with van der Waals surface area (Å²) >= 11 is 0. The normalized spacial score (nSPS) is 20.7. The van der Waals surface area contributed by atoms with Crippen LogP contribution >= 0.6 is 0 Å². The lowest BCUT2D eigenvalue weighted by molar-refractivity contribution is -0.283. The highest BCUT2D eigenvalue weighted by atomic mass is 16.7. The van der Waals surface area contributed by atoms with E-state index in [1.807, 2.05) is 42.5 Å². The Morgan fingerprint density at radius 3 is 1.98 bits per heavy atom. The molecule has 3 aromatic rings. The molecule has 2 aliphatic heterocycles. The largest absolute Gasteiger partial charge is 0.457 e. The van der Waals surface area contributed by atoms with Gasteiger partial charge in [-0.05, 0) is 57.2 Å². The van der Waals surface area contributed by atoms with Crippen LogP contribution in [-0.4, -0.2) is 120 Å². The van der Waals surface area contributed by atoms with Crippen molar-refractivity contribution < 1.29 is 62.7 Å². The van der Waals surface area contributed by atoms with E-state index in [4.69, 9.17) is 30.4 Å². The molecule has 0 spiro atoms. The Hall–Kier alpha value is -6.45. The number of hydrogen-bond acceptors (Lipinski definition) is 13. The molecule has 2 heterocycles. The zero-order valence-corrected chi connectivity index (χ0v) is 37.0. The number of primary amides is 2. The summed E-state index contributed by atoms with van der Waals surface area (Å²) in [5.74, 6) is -4.13. The summed E-state index contributed by atoms with van der Waals surface area (Å²) < 4.78 is 23.6. The lowest BCUT2D eigenvalue weighted by atomic mass is 9.87. The molecule has 5 rings (SSSR count). The third kappa shape index (κ3) is 13.8. The van der Waals surface area contributed by atoms with Crippen molar-refractivity contribution in [2.45, 2.75) is 120 Å². The highest BCUT2D eigenvalue weighted by molar-refractivity contribution is 5.93. The molecular formula is C46H59N7O13. The molecule has 0 unspecified atom stereocenters. The molecule has 20 heteroatoms. The van der Waals surface area contributed by atoms with Crippen LogP contribution < -0.4 is 42.8 Å². The van der Waals surface area contributed by atoms with Crippen molar-refractivity contribution in [1.29, 1.82) is 0 Å². The second-order valence-corrected chi connectivity index (χ2v) is 16.1. The highest BCUT2D eigenvalue weighted by Gasteiger charge is 2.48. The van der Waals surface area contributed by atoms with Gasteiger partial charge in [-0.2, -0.15) is 0 Å². The first-order valence-corrected chi connectivity index (χ1v) is 21.7. The summed E-state index contributed by atoms with van der Waals surface area (Å²) in [5.41, 5.74) is 13.4. The van der Waals surface area contributed by atoms with Gasteiger partial charge in [-0.15, -0.1) is 0 Å². The molecule has 356 valence electrons. The third-order valence-electron chi connectivity index (χ3n) is 11.1. The first-order chi connectivity index (χ1) is 31.6. The molecule has 1 saturated heterocycles. The van der Waals surface area contributed by atoms with Gasteiger partial charge in [-0.25, -0.2) is 0 Å². The Kier molecular flexibility index (Phi) is 18.5. The Balaban J connectivity index is 1.07. The topological polar surface area (TPSA) is 309 Å². The van der Waals surface area contributed by atoms with Crippen LogP contribution in [-0.2, 0) is 54.4 Å². The number of nitrogens with one attached hydrogen (secondary N) is 5. The summed E-state index contributed by atoms with van der Waals surface area (Å²) in [4.78, 5) is 89.6. The quantitative estimate of drug-likeness (QED) is 0.0567. The Labute approximate surface area is 381 Å². The fourth-order valence-corrected chi connectivity index (χ4v) is 7.60. The smallest absolute Gasteiger partial charge is 0.249 e. The number of carbonyl (C=O) groups excluding carboxylic acids is 7. The minimum atomic E-state index is -1.52. The number of para-hydroxylation sites is 2. The highest BCUT2D eigenvalue weighted by Crippen LogP contribution is 2.44. The average molecular weight is 918 g/mol. The Morgan fingerprint density at radius 1 is 0.773 bits per heavy atom. The molecule has 1 fully saturated rings. The zero-order valence-electron chi connectivity index (χ0n) is 37.0. The van der Waals surface area contributed by atoms with Crippen LogP contribution in [0, 0.1) is 0 Å². The molecule has 0 aliphatic carbocycles. The summed E-state index contributed by atoms with van der Waals surface area (Å²) in [7, 11) is 0. The fraction of sp³-hybridized carbons (Fsp3) is 0.457. The van der Waals surface area contributed by atoms with E-state index < -0.39 is 103 Å². The van der Waals surface area contributed by atoms with Crippen LogP contribution in [0.15, 0.2) is 78.9 Å². The standard InChI is InChI=1S/C46H59N7O13/c1-25(50-44(61)26(2)64-40-38(51-27(3)55)46(66-35(23-54)39(40)57)63-24-28-13-5-4-6-14-28)43(60)53-32(42(48)59)20-21-36(56)52-31(41(47)58)17-11-12-22-49-45(62)37-29-15-7-9-18-33(29)65-34-19-10-8-16-30(34)37/h4-10,13-16,18-19,25-26,31-32,35,37-40,46,54,57H,11-12,17,20-24H2,1-3H3,(H2,47,58)(H2,48,59)(H,49,62)(H,50,61)(H,51,55)(H,52,56)(H,53,60)/t25-,26+,31-,32+,35+,38+,39+,40+,46-/m0/s1. The maximum atomic E-state index is 13.4. The van der Waals surface area contributed by atoms with Gasteiger partial charge in [0.25, 0.3) is 0 Å².